The zero-order valence-electron chi connectivity index (χ0n) is 11.1. The largest absolute Gasteiger partial charge is 0.396 e. The minimum atomic E-state index is -0.141. The number of aromatic nitrogens is 4. The normalized spacial score (nSPS) is 12.2. The summed E-state index contributed by atoms with van der Waals surface area (Å²) in [4.78, 5) is 12.6. The van der Waals surface area contributed by atoms with E-state index < -0.39 is 0 Å². The Morgan fingerprint density at radius 3 is 2.80 bits per heavy atom. The van der Waals surface area contributed by atoms with Crippen molar-refractivity contribution in [1.29, 1.82) is 0 Å². The van der Waals surface area contributed by atoms with Crippen molar-refractivity contribution in [3.8, 4) is 0 Å². The van der Waals surface area contributed by atoms with E-state index in [0.29, 0.717) is 18.5 Å². The quantitative estimate of drug-likeness (QED) is 0.509. The van der Waals surface area contributed by atoms with Gasteiger partial charge in [-0.1, -0.05) is 0 Å². The zero-order chi connectivity index (χ0) is 13.7. The van der Waals surface area contributed by atoms with E-state index in [-0.39, 0.29) is 31.7 Å². The molecule has 0 aliphatic carbocycles. The van der Waals surface area contributed by atoms with Crippen LogP contribution in [0.1, 0.15) is 12.8 Å². The van der Waals surface area contributed by atoms with Crippen LogP contribution in [0.5, 0.6) is 0 Å². The molecule has 1 atom stereocenters. The molecule has 9 heteroatoms. The summed E-state index contributed by atoms with van der Waals surface area (Å²) in [5.41, 5.74) is 4.55. The number of fused-ring (bicyclic) bond motifs is 1. The second kappa shape index (κ2) is 8.25. The van der Waals surface area contributed by atoms with E-state index >= 15 is 0 Å². The molecule has 2 rings (SSSR count). The molecule has 3 N–H and O–H groups in total. The van der Waals surface area contributed by atoms with Crippen molar-refractivity contribution in [2.24, 2.45) is 0 Å². The molecule has 2 aromatic heterocycles. The number of imidazole rings is 1. The number of nitrogens with zero attached hydrogens (tertiary/aromatic N) is 4. The third-order valence-electron chi connectivity index (χ3n) is 2.75. The second-order valence-corrected chi connectivity index (χ2v) is 4.84. The number of aliphatic hydroxyl groups is 2. The molecule has 7 nitrogen and oxygen atoms in total. The van der Waals surface area contributed by atoms with Crippen LogP contribution in [0.2, 0.25) is 0 Å². The lowest BCUT2D eigenvalue weighted by atomic mass is 10.2. The van der Waals surface area contributed by atoms with Gasteiger partial charge in [-0.15, -0.1) is 24.2 Å². The molecule has 0 aromatic carbocycles. The average Bonchev–Trinajstić information content (AvgIpc) is 2.86. The molecule has 0 saturated heterocycles. The summed E-state index contributed by atoms with van der Waals surface area (Å²) in [5, 5.41) is 19.0. The highest BCUT2D eigenvalue weighted by Crippen LogP contribution is 2.20. The summed E-state index contributed by atoms with van der Waals surface area (Å²) in [5.74, 6) is 0. The van der Waals surface area contributed by atoms with Gasteiger partial charge < -0.3 is 15.6 Å². The highest BCUT2D eigenvalue weighted by molar-refractivity contribution is 7.98. The lowest BCUT2D eigenvalue weighted by Gasteiger charge is -2.17. The van der Waals surface area contributed by atoms with Gasteiger partial charge in [-0.25, -0.2) is 19.6 Å². The van der Waals surface area contributed by atoms with E-state index in [4.69, 9.17) is 5.11 Å². The monoisotopic (exact) mass is 319 g/mol. The van der Waals surface area contributed by atoms with Crippen LogP contribution < -0.4 is 5.43 Å². The number of nitrogens with one attached hydrogen (secondary N) is 1. The maximum atomic E-state index is 9.31. The number of aliphatic hydroxyl groups excluding tert-OH is 2. The number of hydrogen-bond donors (Lipinski definition) is 3. The van der Waals surface area contributed by atoms with Crippen molar-refractivity contribution in [2.75, 3.05) is 24.9 Å². The number of hydrogen-bond acceptors (Lipinski definition) is 7. The fraction of sp³-hybridized carbons (Fsp3) is 0.545. The van der Waals surface area contributed by atoms with E-state index in [0.717, 1.165) is 10.5 Å². The van der Waals surface area contributed by atoms with Gasteiger partial charge in [0.25, 0.3) is 0 Å². The van der Waals surface area contributed by atoms with Crippen molar-refractivity contribution < 1.29 is 10.2 Å². The highest BCUT2D eigenvalue weighted by Gasteiger charge is 2.12. The molecular weight excluding hydrogens is 302 g/mol. The van der Waals surface area contributed by atoms with Gasteiger partial charge in [-0.05, 0) is 19.1 Å². The smallest absolute Gasteiger partial charge is 0.183 e. The minimum Gasteiger partial charge on any atom is -0.396 e. The molecule has 0 aliphatic heterocycles. The first-order valence-electron chi connectivity index (χ1n) is 6.00. The molecule has 0 amide bonds. The lowest BCUT2D eigenvalue weighted by Crippen LogP contribution is -2.31. The van der Waals surface area contributed by atoms with Crippen LogP contribution in [0.25, 0.3) is 11.2 Å². The van der Waals surface area contributed by atoms with Gasteiger partial charge in [0.2, 0.25) is 0 Å². The van der Waals surface area contributed by atoms with E-state index in [1.54, 1.807) is 11.0 Å². The summed E-state index contributed by atoms with van der Waals surface area (Å²) >= 11 is 1.51. The van der Waals surface area contributed by atoms with Crippen LogP contribution >= 0.6 is 24.2 Å². The highest BCUT2D eigenvalue weighted by atomic mass is 35.5. The molecule has 112 valence electrons. The standard InChI is InChI=1S/C11H17N5O2S.ClH/c1-19-11-9-10(12-6-13-11)16(7-14-9)15-8(5-18)3-2-4-17;/h6-8,15,17-18H,2-5H2,1H3;1H. The molecule has 0 fully saturated rings. The fourth-order valence-corrected chi connectivity index (χ4v) is 2.28. The predicted octanol–water partition coefficient (Wildman–Crippen LogP) is 0.647. The van der Waals surface area contributed by atoms with E-state index in [1.165, 1.54) is 18.1 Å². The van der Waals surface area contributed by atoms with Crippen molar-refractivity contribution in [3.05, 3.63) is 12.7 Å². The average molecular weight is 320 g/mol. The lowest BCUT2D eigenvalue weighted by molar-refractivity contribution is 0.239. The first-order valence-corrected chi connectivity index (χ1v) is 7.23. The Hall–Kier alpha value is -1.09. The topological polar surface area (TPSA) is 96.1 Å². The van der Waals surface area contributed by atoms with E-state index in [2.05, 4.69) is 20.4 Å². The van der Waals surface area contributed by atoms with Gasteiger partial charge in [0.15, 0.2) is 5.65 Å². The molecule has 2 heterocycles. The Morgan fingerprint density at radius 1 is 1.35 bits per heavy atom. The van der Waals surface area contributed by atoms with Crippen LogP contribution in [0.4, 0.5) is 0 Å². The molecule has 0 bridgehead atoms. The van der Waals surface area contributed by atoms with Crippen LogP contribution in [0.3, 0.4) is 0 Å². The Labute approximate surface area is 127 Å². The molecule has 0 aliphatic rings. The molecule has 1 unspecified atom stereocenters. The van der Waals surface area contributed by atoms with Gasteiger partial charge in [-0.2, -0.15) is 0 Å². The van der Waals surface area contributed by atoms with Gasteiger partial charge in [0.05, 0.1) is 12.6 Å². The first kappa shape index (κ1) is 17.0. The summed E-state index contributed by atoms with van der Waals surface area (Å²) in [6.45, 7) is 0.0990. The maximum absolute atomic E-state index is 9.31. The van der Waals surface area contributed by atoms with E-state index in [1.807, 2.05) is 6.26 Å². The van der Waals surface area contributed by atoms with Crippen LogP contribution in [0.15, 0.2) is 17.7 Å². The number of halogens is 1. The molecule has 2 aromatic rings. The Bertz CT molecular complexity index is 539. The molecule has 0 radical (unpaired) electrons. The summed E-state index contributed by atoms with van der Waals surface area (Å²) in [7, 11) is 0. The fourth-order valence-electron chi connectivity index (χ4n) is 1.79. The van der Waals surface area contributed by atoms with Crippen molar-refractivity contribution in [1.82, 2.24) is 19.6 Å². The van der Waals surface area contributed by atoms with Crippen molar-refractivity contribution in [3.63, 3.8) is 0 Å². The van der Waals surface area contributed by atoms with Crippen LogP contribution in [0, 0.1) is 0 Å². The van der Waals surface area contributed by atoms with Gasteiger partial charge in [0.1, 0.15) is 23.2 Å². The first-order chi connectivity index (χ1) is 9.30. The molecular formula is C11H18ClN5O2S. The number of thioether (sulfide) groups is 1. The zero-order valence-corrected chi connectivity index (χ0v) is 12.7. The third-order valence-corrected chi connectivity index (χ3v) is 3.43. The maximum Gasteiger partial charge on any atom is 0.183 e. The summed E-state index contributed by atoms with van der Waals surface area (Å²) in [6, 6.07) is -0.141. The third kappa shape index (κ3) is 3.72. The second-order valence-electron chi connectivity index (χ2n) is 4.04. The van der Waals surface area contributed by atoms with Crippen molar-refractivity contribution >= 4 is 35.3 Å². The van der Waals surface area contributed by atoms with Crippen LogP contribution in [-0.2, 0) is 0 Å². The van der Waals surface area contributed by atoms with Crippen LogP contribution in [-0.4, -0.2) is 55.4 Å². The van der Waals surface area contributed by atoms with Gasteiger partial charge in [-0.3, -0.25) is 0 Å². The minimum absolute atomic E-state index is 0. The van der Waals surface area contributed by atoms with Crippen molar-refractivity contribution in [2.45, 2.75) is 23.9 Å². The predicted molar refractivity (Wildman–Crippen MR) is 80.9 cm³/mol. The molecule has 0 spiro atoms. The SMILES string of the molecule is CSc1ncnc2c1ncn2NC(CO)CCCO.Cl. The Kier molecular flexibility index (Phi) is 7.00. The molecule has 20 heavy (non-hydrogen) atoms. The van der Waals surface area contributed by atoms with Gasteiger partial charge >= 0.3 is 0 Å². The van der Waals surface area contributed by atoms with Gasteiger partial charge in [0, 0.05) is 6.61 Å². The number of rotatable bonds is 7. The summed E-state index contributed by atoms with van der Waals surface area (Å²) < 4.78 is 1.69. The Balaban J connectivity index is 0.00000200. The summed E-state index contributed by atoms with van der Waals surface area (Å²) in [6.07, 6.45) is 6.37. The molecule has 0 saturated carbocycles. The van der Waals surface area contributed by atoms with E-state index in [9.17, 15) is 5.11 Å². The Morgan fingerprint density at radius 2 is 2.15 bits per heavy atom.